The third-order valence-corrected chi connectivity index (χ3v) is 7.00. The Balaban J connectivity index is 1.51. The number of carbonyl (C=O) groups excluding carboxylic acids is 2. The first-order valence-electron chi connectivity index (χ1n) is 10.8. The predicted molar refractivity (Wildman–Crippen MR) is 140 cm³/mol. The highest BCUT2D eigenvalue weighted by molar-refractivity contribution is 7.99. The van der Waals surface area contributed by atoms with E-state index in [1.165, 1.54) is 30.2 Å². The molecule has 184 valence electrons. The van der Waals surface area contributed by atoms with Crippen molar-refractivity contribution in [3.05, 3.63) is 72.4 Å². The number of hydrogen-bond acceptors (Lipinski definition) is 9. The zero-order valence-corrected chi connectivity index (χ0v) is 21.3. The Hall–Kier alpha value is -3.96. The number of hydrogen-bond donors (Lipinski definition) is 1. The summed E-state index contributed by atoms with van der Waals surface area (Å²) in [6.45, 7) is 4.29. The van der Waals surface area contributed by atoms with Crippen LogP contribution in [0.5, 0.6) is 5.75 Å². The number of ether oxygens (including phenoxy) is 2. The molecule has 0 aliphatic heterocycles. The van der Waals surface area contributed by atoms with Gasteiger partial charge in [0.25, 0.3) is 0 Å². The van der Waals surface area contributed by atoms with Crippen molar-refractivity contribution in [1.82, 2.24) is 19.7 Å². The third kappa shape index (κ3) is 5.47. The van der Waals surface area contributed by atoms with Gasteiger partial charge in [-0.15, -0.1) is 28.1 Å². The highest BCUT2D eigenvalue weighted by Crippen LogP contribution is 2.37. The zero-order chi connectivity index (χ0) is 25.5. The average molecular weight is 522 g/mol. The van der Waals surface area contributed by atoms with Gasteiger partial charge in [0.2, 0.25) is 5.91 Å². The van der Waals surface area contributed by atoms with Gasteiger partial charge in [-0.2, -0.15) is 0 Å². The average Bonchev–Trinajstić information content (AvgIpc) is 3.52. The highest BCUT2D eigenvalue weighted by atomic mass is 32.2. The summed E-state index contributed by atoms with van der Waals surface area (Å²) in [6.07, 6.45) is 5.11. The maximum atomic E-state index is 12.8. The number of benzene rings is 1. The van der Waals surface area contributed by atoms with Gasteiger partial charge < -0.3 is 14.8 Å². The number of pyridine rings is 1. The molecule has 0 spiro atoms. The summed E-state index contributed by atoms with van der Waals surface area (Å²) in [4.78, 5) is 29.5. The van der Waals surface area contributed by atoms with Crippen LogP contribution in [0.1, 0.15) is 10.4 Å². The fourth-order valence-electron chi connectivity index (χ4n) is 3.43. The molecule has 1 amide bonds. The minimum absolute atomic E-state index is 0.0714. The molecule has 0 saturated carbocycles. The van der Waals surface area contributed by atoms with Crippen molar-refractivity contribution in [2.75, 3.05) is 25.3 Å². The molecular weight excluding hydrogens is 498 g/mol. The number of nitrogens with one attached hydrogen (secondary N) is 1. The molecule has 0 saturated heterocycles. The van der Waals surface area contributed by atoms with E-state index < -0.39 is 5.97 Å². The number of thiophene rings is 1. The molecule has 36 heavy (non-hydrogen) atoms. The summed E-state index contributed by atoms with van der Waals surface area (Å²) in [6, 6.07) is 11.0. The van der Waals surface area contributed by atoms with Gasteiger partial charge in [-0.05, 0) is 29.8 Å². The summed E-state index contributed by atoms with van der Waals surface area (Å²) in [7, 11) is 2.90. The van der Waals surface area contributed by atoms with E-state index in [0.717, 1.165) is 11.1 Å². The Morgan fingerprint density at radius 1 is 1.11 bits per heavy atom. The second-order valence-corrected chi connectivity index (χ2v) is 9.17. The number of rotatable bonds is 10. The molecule has 11 heteroatoms. The second-order valence-electron chi connectivity index (χ2n) is 7.35. The first kappa shape index (κ1) is 25.1. The minimum atomic E-state index is -0.530. The van der Waals surface area contributed by atoms with Gasteiger partial charge in [-0.3, -0.25) is 14.3 Å². The van der Waals surface area contributed by atoms with E-state index in [9.17, 15) is 9.59 Å². The molecule has 4 aromatic rings. The summed E-state index contributed by atoms with van der Waals surface area (Å²) in [5.74, 6) is 0.623. The fraction of sp³-hybridized carbons (Fsp3) is 0.160. The largest absolute Gasteiger partial charge is 0.497 e. The predicted octanol–water partition coefficient (Wildman–Crippen LogP) is 4.78. The van der Waals surface area contributed by atoms with E-state index in [1.54, 1.807) is 25.6 Å². The summed E-state index contributed by atoms with van der Waals surface area (Å²) in [5.41, 5.74) is 2.65. The van der Waals surface area contributed by atoms with Gasteiger partial charge in [0, 0.05) is 35.4 Å². The van der Waals surface area contributed by atoms with Crippen LogP contribution in [-0.2, 0) is 16.1 Å². The lowest BCUT2D eigenvalue weighted by molar-refractivity contribution is -0.113. The number of esters is 1. The summed E-state index contributed by atoms with van der Waals surface area (Å²) in [5, 5.41) is 14.2. The van der Waals surface area contributed by atoms with Crippen LogP contribution in [0.15, 0.2) is 72.0 Å². The van der Waals surface area contributed by atoms with E-state index >= 15 is 0 Å². The van der Waals surface area contributed by atoms with Crippen LogP contribution in [0.3, 0.4) is 0 Å². The van der Waals surface area contributed by atoms with Crippen molar-refractivity contribution in [3.8, 4) is 28.3 Å². The molecule has 0 unspecified atom stereocenters. The highest BCUT2D eigenvalue weighted by Gasteiger charge is 2.23. The molecule has 0 atom stereocenters. The summed E-state index contributed by atoms with van der Waals surface area (Å²) >= 11 is 2.51. The number of thioether (sulfide) groups is 1. The van der Waals surface area contributed by atoms with Gasteiger partial charge in [0.15, 0.2) is 11.0 Å². The number of allylic oxidation sites excluding steroid dienone is 1. The fourth-order valence-corrected chi connectivity index (χ4v) is 5.16. The molecular formula is C25H23N5O4S2. The Morgan fingerprint density at radius 2 is 1.86 bits per heavy atom. The number of anilines is 1. The second kappa shape index (κ2) is 11.6. The van der Waals surface area contributed by atoms with Crippen LogP contribution in [0.2, 0.25) is 0 Å². The van der Waals surface area contributed by atoms with Crippen LogP contribution in [0, 0.1) is 0 Å². The van der Waals surface area contributed by atoms with E-state index in [2.05, 4.69) is 27.1 Å². The Morgan fingerprint density at radius 3 is 2.53 bits per heavy atom. The zero-order valence-electron chi connectivity index (χ0n) is 19.6. The maximum Gasteiger partial charge on any atom is 0.341 e. The lowest BCUT2D eigenvalue weighted by Gasteiger charge is -2.09. The van der Waals surface area contributed by atoms with Gasteiger partial charge in [-0.25, -0.2) is 4.79 Å². The number of carbonyl (C=O) groups is 2. The van der Waals surface area contributed by atoms with Crippen molar-refractivity contribution in [3.63, 3.8) is 0 Å². The molecule has 0 bridgehead atoms. The van der Waals surface area contributed by atoms with Crippen molar-refractivity contribution in [2.24, 2.45) is 0 Å². The van der Waals surface area contributed by atoms with Gasteiger partial charge in [0.05, 0.1) is 20.0 Å². The molecule has 0 fully saturated rings. The maximum absolute atomic E-state index is 12.8. The van der Waals surface area contributed by atoms with Crippen LogP contribution in [-0.4, -0.2) is 51.6 Å². The standard InChI is InChI=1S/C25H23N5O4S2/c1-4-13-30-22(17-9-11-26-12-10-17)28-29-25(30)36-15-20(31)27-23-21(24(32)34-3)19(14-35-23)16-5-7-18(33-2)8-6-16/h4-12,14H,1,13,15H2,2-3H3,(H,27,31). The van der Waals surface area contributed by atoms with Gasteiger partial charge in [-0.1, -0.05) is 30.0 Å². The first-order chi connectivity index (χ1) is 17.5. The quantitative estimate of drug-likeness (QED) is 0.180. The Kier molecular flexibility index (Phi) is 8.13. The van der Waals surface area contributed by atoms with Crippen molar-refractivity contribution >= 4 is 40.0 Å². The van der Waals surface area contributed by atoms with Crippen LogP contribution >= 0.6 is 23.1 Å². The lowest BCUT2D eigenvalue weighted by Crippen LogP contribution is -2.16. The van der Waals surface area contributed by atoms with Crippen molar-refractivity contribution in [2.45, 2.75) is 11.7 Å². The Bertz CT molecular complexity index is 1370. The van der Waals surface area contributed by atoms with Gasteiger partial charge in [0.1, 0.15) is 16.3 Å². The Labute approximate surface area is 216 Å². The molecule has 1 N–H and O–H groups in total. The summed E-state index contributed by atoms with van der Waals surface area (Å²) < 4.78 is 12.1. The van der Waals surface area contributed by atoms with E-state index in [4.69, 9.17) is 9.47 Å². The molecule has 0 radical (unpaired) electrons. The number of aromatic nitrogens is 4. The first-order valence-corrected chi connectivity index (χ1v) is 12.6. The third-order valence-electron chi connectivity index (χ3n) is 5.13. The number of methoxy groups -OCH3 is 2. The van der Waals surface area contributed by atoms with Crippen LogP contribution in [0.25, 0.3) is 22.5 Å². The van der Waals surface area contributed by atoms with Gasteiger partial charge >= 0.3 is 5.97 Å². The molecule has 9 nitrogen and oxygen atoms in total. The molecule has 3 heterocycles. The molecule has 0 aliphatic rings. The molecule has 0 aliphatic carbocycles. The van der Waals surface area contributed by atoms with E-state index in [0.29, 0.717) is 39.4 Å². The molecule has 4 rings (SSSR count). The minimum Gasteiger partial charge on any atom is -0.497 e. The van der Waals surface area contributed by atoms with E-state index in [1.807, 2.05) is 46.3 Å². The van der Waals surface area contributed by atoms with Crippen molar-refractivity contribution < 1.29 is 19.1 Å². The number of amides is 1. The van der Waals surface area contributed by atoms with E-state index in [-0.39, 0.29) is 11.7 Å². The SMILES string of the molecule is C=CCn1c(SCC(=O)Nc2scc(-c3ccc(OC)cc3)c2C(=O)OC)nnc1-c1ccncc1. The van der Waals surface area contributed by atoms with Crippen LogP contribution < -0.4 is 10.1 Å². The lowest BCUT2D eigenvalue weighted by atomic mass is 10.0. The van der Waals surface area contributed by atoms with Crippen LogP contribution in [0.4, 0.5) is 5.00 Å². The monoisotopic (exact) mass is 521 g/mol. The smallest absolute Gasteiger partial charge is 0.341 e. The topological polar surface area (TPSA) is 108 Å². The molecule has 1 aromatic carbocycles. The number of nitrogens with zero attached hydrogens (tertiary/aromatic N) is 4. The van der Waals surface area contributed by atoms with Crippen molar-refractivity contribution in [1.29, 1.82) is 0 Å². The normalized spacial score (nSPS) is 10.6. The molecule has 3 aromatic heterocycles.